The summed E-state index contributed by atoms with van der Waals surface area (Å²) < 4.78 is 21.6. The van der Waals surface area contributed by atoms with Crippen LogP contribution < -0.4 is 11.1 Å². The first-order valence-electron chi connectivity index (χ1n) is 22.7. The summed E-state index contributed by atoms with van der Waals surface area (Å²) in [5.41, 5.74) is 16.0. The van der Waals surface area contributed by atoms with E-state index in [0.29, 0.717) is 111 Å². The summed E-state index contributed by atoms with van der Waals surface area (Å²) in [6, 6.07) is 5.90. The first-order chi connectivity index (χ1) is 31.4. The van der Waals surface area contributed by atoms with E-state index in [-0.39, 0.29) is 63.0 Å². The van der Waals surface area contributed by atoms with Crippen molar-refractivity contribution in [3.05, 3.63) is 74.9 Å². The summed E-state index contributed by atoms with van der Waals surface area (Å²) in [5.74, 6) is -2.08. The molecule has 348 valence electrons. The topological polar surface area (TPSA) is 227 Å². The molecular weight excluding hydrogens is 833 g/mol. The molecule has 0 radical (unpaired) electrons. The number of aromatic nitrogens is 4. The number of amides is 3. The number of nitrogens with two attached hydrogens (primary N) is 1. The Morgan fingerprint density at radius 2 is 1.63 bits per heavy atom. The van der Waals surface area contributed by atoms with Crippen LogP contribution in [-0.4, -0.2) is 151 Å². The molecule has 0 saturated carbocycles. The Labute approximate surface area is 378 Å². The zero-order valence-corrected chi connectivity index (χ0v) is 38.1. The number of H-pyrrole nitrogens is 2. The fourth-order valence-electron chi connectivity index (χ4n) is 9.00. The Balaban J connectivity index is 1.39. The summed E-state index contributed by atoms with van der Waals surface area (Å²) in [7, 11) is 0. The zero-order valence-electron chi connectivity index (χ0n) is 38.1. The van der Waals surface area contributed by atoms with Gasteiger partial charge in [-0.3, -0.25) is 29.2 Å². The van der Waals surface area contributed by atoms with E-state index in [1.54, 1.807) is 6.08 Å². The number of esters is 1. The number of rotatable bonds is 19. The number of carbonyl (C=O) groups excluding carboxylic acids is 4. The number of aromatic amines is 2. The van der Waals surface area contributed by atoms with Crippen LogP contribution >= 0.6 is 0 Å². The molecule has 65 heavy (non-hydrogen) atoms. The molecule has 4 aliphatic rings. The monoisotopic (exact) mass is 894 g/mol. The number of hydrogen-bond acceptors (Lipinski definition) is 13. The van der Waals surface area contributed by atoms with Crippen LogP contribution in [0.15, 0.2) is 24.3 Å². The average molecular weight is 895 g/mol. The summed E-state index contributed by atoms with van der Waals surface area (Å²) in [4.78, 5) is 76.8. The third-order valence-electron chi connectivity index (χ3n) is 12.7. The molecule has 7 rings (SSSR count). The largest absolute Gasteiger partial charge is 0.460 e. The molecule has 4 aliphatic heterocycles. The Kier molecular flexibility index (Phi) is 15.8. The lowest BCUT2D eigenvalue weighted by Crippen LogP contribution is -2.47. The van der Waals surface area contributed by atoms with Crippen LogP contribution in [0.1, 0.15) is 112 Å². The van der Waals surface area contributed by atoms with Gasteiger partial charge in [-0.15, -0.1) is 0 Å². The predicted octanol–water partition coefficient (Wildman–Crippen LogP) is 4.52. The van der Waals surface area contributed by atoms with Gasteiger partial charge in [-0.1, -0.05) is 13.8 Å². The van der Waals surface area contributed by atoms with Gasteiger partial charge in [0.1, 0.15) is 6.61 Å². The Hall–Kier alpha value is -5.56. The van der Waals surface area contributed by atoms with Crippen molar-refractivity contribution >= 4 is 63.0 Å². The second kappa shape index (κ2) is 21.6. The van der Waals surface area contributed by atoms with E-state index < -0.39 is 11.9 Å². The summed E-state index contributed by atoms with van der Waals surface area (Å²) in [5, 5.41) is 11.7. The Morgan fingerprint density at radius 3 is 2.37 bits per heavy atom. The average Bonchev–Trinajstić information content (AvgIpc) is 3.98. The Morgan fingerprint density at radius 1 is 0.923 bits per heavy atom. The van der Waals surface area contributed by atoms with E-state index in [0.717, 1.165) is 44.7 Å². The highest BCUT2D eigenvalue weighted by Crippen LogP contribution is 2.44. The maximum Gasteiger partial charge on any atom is 0.330 e. The van der Waals surface area contributed by atoms with Gasteiger partial charge in [-0.25, -0.2) is 9.78 Å². The van der Waals surface area contributed by atoms with Crippen molar-refractivity contribution in [3.8, 4) is 0 Å². The van der Waals surface area contributed by atoms with Crippen LogP contribution in [0.4, 0.5) is 0 Å². The molecule has 3 aromatic heterocycles. The van der Waals surface area contributed by atoms with E-state index in [9.17, 15) is 14.4 Å². The lowest BCUT2D eigenvalue weighted by Gasteiger charge is -2.31. The van der Waals surface area contributed by atoms with Crippen molar-refractivity contribution in [1.29, 1.82) is 0 Å². The molecule has 0 aliphatic carbocycles. The molecule has 3 aromatic rings. The van der Waals surface area contributed by atoms with Crippen LogP contribution in [0.2, 0.25) is 0 Å². The fourth-order valence-corrected chi connectivity index (χ4v) is 9.00. The minimum Gasteiger partial charge on any atom is -0.460 e. The number of nitrogens with zero attached hydrogens (tertiary/aromatic N) is 4. The van der Waals surface area contributed by atoms with Gasteiger partial charge in [0.05, 0.1) is 80.0 Å². The molecule has 6 N–H and O–H groups in total. The molecule has 17 heteroatoms. The quantitative estimate of drug-likeness (QED) is 0.0483. The number of aliphatic hydroxyl groups excluding tert-OH is 1. The van der Waals surface area contributed by atoms with Gasteiger partial charge >= 0.3 is 5.97 Å². The molecule has 8 bridgehead atoms. The molecule has 7 heterocycles. The second-order valence-electron chi connectivity index (χ2n) is 16.7. The van der Waals surface area contributed by atoms with E-state index in [1.807, 2.05) is 45.9 Å². The molecular formula is C48H62N8O9. The van der Waals surface area contributed by atoms with Crippen LogP contribution in [0.3, 0.4) is 0 Å². The third kappa shape index (κ3) is 10.5. The van der Waals surface area contributed by atoms with Gasteiger partial charge < -0.3 is 45.1 Å². The van der Waals surface area contributed by atoms with Crippen LogP contribution in [0, 0.1) is 13.8 Å². The SMILES string of the molecule is CCC1=C(C)c2cc3[nH]c(cc4nc(c5c6[nH]c(cc1n2)c(C)c6C(=O)N(CCN1CCOCC1)C5=O)[C@@H](CCC(=O)NCCN)[C@@H]4C)c(C)c3/C=C/C(=O)OCCOCCOCCO. The summed E-state index contributed by atoms with van der Waals surface area (Å²) in [6.45, 7) is 15.0. The molecule has 1 saturated heterocycles. The number of carbonyl (C=O) groups is 4. The molecule has 3 amide bonds. The summed E-state index contributed by atoms with van der Waals surface area (Å²) >= 11 is 0. The van der Waals surface area contributed by atoms with Gasteiger partial charge in [0.25, 0.3) is 11.8 Å². The zero-order chi connectivity index (χ0) is 46.2. The fraction of sp³-hybridized carbons (Fsp3) is 0.500. The van der Waals surface area contributed by atoms with Crippen molar-refractivity contribution in [1.82, 2.24) is 35.1 Å². The second-order valence-corrected chi connectivity index (χ2v) is 16.7. The molecule has 17 nitrogen and oxygen atoms in total. The number of aliphatic hydroxyl groups is 1. The van der Waals surface area contributed by atoms with Crippen molar-refractivity contribution < 1.29 is 43.2 Å². The van der Waals surface area contributed by atoms with E-state index in [2.05, 4.69) is 27.1 Å². The van der Waals surface area contributed by atoms with Crippen LogP contribution in [0.25, 0.3) is 39.3 Å². The van der Waals surface area contributed by atoms with Crippen LogP contribution in [0.5, 0.6) is 0 Å². The van der Waals surface area contributed by atoms with Crippen molar-refractivity contribution in [2.75, 3.05) is 92.1 Å². The Bertz CT molecular complexity index is 2520. The van der Waals surface area contributed by atoms with E-state index in [1.165, 1.54) is 11.0 Å². The molecule has 0 aromatic carbocycles. The number of fused-ring (bicyclic) bond motifs is 8. The number of aryl methyl sites for hydroxylation is 2. The number of nitrogens with one attached hydrogen (secondary N) is 3. The minimum absolute atomic E-state index is 0.0554. The highest BCUT2D eigenvalue weighted by molar-refractivity contribution is 6.23. The minimum atomic E-state index is -0.536. The maximum atomic E-state index is 15.0. The first-order valence-corrected chi connectivity index (χ1v) is 22.7. The highest BCUT2D eigenvalue weighted by Gasteiger charge is 2.41. The van der Waals surface area contributed by atoms with Crippen molar-refractivity contribution in [2.45, 2.75) is 65.7 Å². The maximum absolute atomic E-state index is 15.0. The standard InChI is InChI=1S/C48H62N8O9/c1-6-32-28(2)36-26-40-33(8-10-42(59)65-24-23-64-22-21-63-20-17-57)29(3)35(52-40)25-37-30(4)34(7-9-41(58)50-12-11-49)45(53-37)44-46-43(31(5)38(54-46)27-39(32)51-36)47(60)56(48(44)61)14-13-55-15-18-62-19-16-55/h8,10,25-27,30,34,52,54,57H,6-7,9,11-24,49H2,1-5H3,(H,50,58)/b10-8+,35-25?,36-26?,37-25?,38-27?,39-27?,40-26?,45-44?/t30-,34-/m0/s1. The molecule has 2 atom stereocenters. The third-order valence-corrected chi connectivity index (χ3v) is 12.7. The smallest absolute Gasteiger partial charge is 0.330 e. The number of hydrogen-bond donors (Lipinski definition) is 5. The first kappa shape index (κ1) is 47.4. The lowest BCUT2D eigenvalue weighted by molar-refractivity contribution is -0.139. The van der Waals surface area contributed by atoms with E-state index in [4.69, 9.17) is 39.8 Å². The van der Waals surface area contributed by atoms with Gasteiger partial charge in [0.2, 0.25) is 5.91 Å². The predicted molar refractivity (Wildman–Crippen MR) is 247 cm³/mol. The van der Waals surface area contributed by atoms with Crippen molar-refractivity contribution in [2.24, 2.45) is 5.73 Å². The molecule has 1 fully saturated rings. The highest BCUT2D eigenvalue weighted by atomic mass is 16.6. The van der Waals surface area contributed by atoms with Gasteiger partial charge in [-0.2, -0.15) is 0 Å². The lowest BCUT2D eigenvalue weighted by atomic mass is 9.84. The number of morpholine rings is 1. The normalized spacial score (nSPS) is 17.7. The van der Waals surface area contributed by atoms with E-state index >= 15 is 4.79 Å². The number of imide groups is 1. The van der Waals surface area contributed by atoms with Gasteiger partial charge in [0.15, 0.2) is 0 Å². The molecule has 0 spiro atoms. The van der Waals surface area contributed by atoms with Gasteiger partial charge in [-0.05, 0) is 80.2 Å². The van der Waals surface area contributed by atoms with Crippen molar-refractivity contribution in [3.63, 3.8) is 0 Å². The number of ether oxygens (including phenoxy) is 4. The van der Waals surface area contributed by atoms with Crippen LogP contribution in [-0.2, 0) is 28.5 Å². The number of allylic oxidation sites excluding steroid dienone is 2. The van der Waals surface area contributed by atoms with Gasteiger partial charge in [0, 0.05) is 91.4 Å². The molecule has 0 unspecified atom stereocenters. The summed E-state index contributed by atoms with van der Waals surface area (Å²) in [6.07, 6.45) is 4.38.